The summed E-state index contributed by atoms with van der Waals surface area (Å²) in [6.45, 7) is 2.87. The van der Waals surface area contributed by atoms with Gasteiger partial charge in [-0.2, -0.15) is 0 Å². The molecule has 2 saturated heterocycles. The first-order valence-electron chi connectivity index (χ1n) is 5.94. The molecule has 1 unspecified atom stereocenters. The average Bonchev–Trinajstić information content (AvgIpc) is 2.29. The quantitative estimate of drug-likeness (QED) is 0.681. The Morgan fingerprint density at radius 2 is 2.12 bits per heavy atom. The molecule has 0 aromatic heterocycles. The summed E-state index contributed by atoms with van der Waals surface area (Å²) in [7, 11) is -3.14. The van der Waals surface area contributed by atoms with Crippen molar-refractivity contribution in [3.05, 3.63) is 0 Å². The molecule has 2 rings (SSSR count). The maximum Gasteiger partial charge on any atom is 0.236 e. The fourth-order valence-corrected chi connectivity index (χ4v) is 3.39. The van der Waals surface area contributed by atoms with Crippen LogP contribution in [0.15, 0.2) is 0 Å². The van der Waals surface area contributed by atoms with Crippen molar-refractivity contribution in [2.45, 2.75) is 18.9 Å². The minimum absolute atomic E-state index is 0.0491. The number of hydrogen-bond acceptors (Lipinski definition) is 4. The van der Waals surface area contributed by atoms with Gasteiger partial charge in [-0.15, -0.1) is 0 Å². The molecule has 0 aromatic rings. The first kappa shape index (κ1) is 12.8. The van der Waals surface area contributed by atoms with Crippen LogP contribution in [-0.4, -0.2) is 68.6 Å². The molecule has 2 aliphatic rings. The van der Waals surface area contributed by atoms with Gasteiger partial charge in [0.1, 0.15) is 0 Å². The van der Waals surface area contributed by atoms with Crippen molar-refractivity contribution < 1.29 is 13.2 Å². The number of nitrogens with zero attached hydrogens (tertiary/aromatic N) is 2. The van der Waals surface area contributed by atoms with E-state index >= 15 is 0 Å². The number of piperidine rings is 1. The van der Waals surface area contributed by atoms with Crippen LogP contribution >= 0.6 is 0 Å². The van der Waals surface area contributed by atoms with Crippen LogP contribution in [0, 0.1) is 0 Å². The zero-order valence-corrected chi connectivity index (χ0v) is 10.9. The SMILES string of the molecule is CS(=O)(=O)N1CCCC(N2CCNCC2=O)C1. The van der Waals surface area contributed by atoms with E-state index in [1.165, 1.54) is 10.6 Å². The molecule has 98 valence electrons. The highest BCUT2D eigenvalue weighted by Crippen LogP contribution is 2.18. The third-order valence-corrected chi connectivity index (χ3v) is 4.66. The van der Waals surface area contributed by atoms with Crippen molar-refractivity contribution >= 4 is 15.9 Å². The average molecular weight is 261 g/mol. The first-order chi connectivity index (χ1) is 7.98. The van der Waals surface area contributed by atoms with E-state index in [1.54, 1.807) is 0 Å². The molecule has 7 heteroatoms. The van der Waals surface area contributed by atoms with Crippen LogP contribution in [0.25, 0.3) is 0 Å². The van der Waals surface area contributed by atoms with E-state index < -0.39 is 10.0 Å². The molecular weight excluding hydrogens is 242 g/mol. The lowest BCUT2D eigenvalue weighted by molar-refractivity contribution is -0.135. The van der Waals surface area contributed by atoms with Crippen molar-refractivity contribution in [1.29, 1.82) is 0 Å². The predicted molar refractivity (Wildman–Crippen MR) is 64.0 cm³/mol. The molecular formula is C10H19N3O3S. The van der Waals surface area contributed by atoms with E-state index in [9.17, 15) is 13.2 Å². The standard InChI is InChI=1S/C10H19N3O3S/c1-17(15,16)12-5-2-3-9(8-12)13-6-4-11-7-10(13)14/h9,11H,2-8H2,1H3. The highest BCUT2D eigenvalue weighted by Gasteiger charge is 2.32. The molecule has 0 radical (unpaired) electrons. The van der Waals surface area contributed by atoms with Crippen LogP contribution in [0.2, 0.25) is 0 Å². The monoisotopic (exact) mass is 261 g/mol. The Morgan fingerprint density at radius 1 is 1.35 bits per heavy atom. The molecule has 0 saturated carbocycles. The highest BCUT2D eigenvalue weighted by molar-refractivity contribution is 7.88. The first-order valence-corrected chi connectivity index (χ1v) is 7.78. The maximum atomic E-state index is 11.7. The number of carbonyl (C=O) groups is 1. The van der Waals surface area contributed by atoms with Crippen molar-refractivity contribution in [2.75, 3.05) is 39.0 Å². The van der Waals surface area contributed by atoms with E-state index in [-0.39, 0.29) is 11.9 Å². The molecule has 2 aliphatic heterocycles. The van der Waals surface area contributed by atoms with Crippen LogP contribution in [0.3, 0.4) is 0 Å². The van der Waals surface area contributed by atoms with Gasteiger partial charge < -0.3 is 10.2 Å². The van der Waals surface area contributed by atoms with Crippen LogP contribution in [0.4, 0.5) is 0 Å². The van der Waals surface area contributed by atoms with Gasteiger partial charge >= 0.3 is 0 Å². The summed E-state index contributed by atoms with van der Waals surface area (Å²) in [4.78, 5) is 13.6. The Bertz CT molecular complexity index is 396. The van der Waals surface area contributed by atoms with E-state index in [0.29, 0.717) is 26.2 Å². The van der Waals surface area contributed by atoms with Crippen LogP contribution in [0.1, 0.15) is 12.8 Å². The van der Waals surface area contributed by atoms with E-state index in [4.69, 9.17) is 0 Å². The predicted octanol–water partition coefficient (Wildman–Crippen LogP) is -1.16. The van der Waals surface area contributed by atoms with E-state index in [2.05, 4.69) is 5.32 Å². The minimum Gasteiger partial charge on any atom is -0.336 e. The number of amides is 1. The largest absolute Gasteiger partial charge is 0.336 e. The number of hydrogen-bond donors (Lipinski definition) is 1. The van der Waals surface area contributed by atoms with Crippen LogP contribution in [0.5, 0.6) is 0 Å². The van der Waals surface area contributed by atoms with Gasteiger partial charge in [0.25, 0.3) is 0 Å². The summed E-state index contributed by atoms with van der Waals surface area (Å²) in [5.41, 5.74) is 0. The lowest BCUT2D eigenvalue weighted by Crippen LogP contribution is -2.57. The molecule has 0 aliphatic carbocycles. The summed E-state index contributed by atoms with van der Waals surface area (Å²) in [5.74, 6) is 0.0802. The summed E-state index contributed by atoms with van der Waals surface area (Å²) in [6, 6.07) is 0.0491. The molecule has 1 atom stereocenters. The Labute approximate surface area is 102 Å². The van der Waals surface area contributed by atoms with Crippen molar-refractivity contribution in [3.8, 4) is 0 Å². The lowest BCUT2D eigenvalue weighted by Gasteiger charge is -2.40. The number of nitrogens with one attached hydrogen (secondary N) is 1. The van der Waals surface area contributed by atoms with Gasteiger partial charge in [-0.25, -0.2) is 12.7 Å². The Kier molecular flexibility index (Phi) is 3.70. The fraction of sp³-hybridized carbons (Fsp3) is 0.900. The summed E-state index contributed by atoms with van der Waals surface area (Å²) in [6.07, 6.45) is 2.96. The second-order valence-corrected chi connectivity index (χ2v) is 6.66. The van der Waals surface area contributed by atoms with Crippen LogP contribution < -0.4 is 5.32 Å². The molecule has 0 spiro atoms. The van der Waals surface area contributed by atoms with Gasteiger partial charge in [-0.05, 0) is 12.8 Å². The molecule has 0 bridgehead atoms. The summed E-state index contributed by atoms with van der Waals surface area (Å²) < 4.78 is 24.5. The normalized spacial score (nSPS) is 28.4. The molecule has 17 heavy (non-hydrogen) atoms. The number of sulfonamides is 1. The van der Waals surface area contributed by atoms with Gasteiger partial charge in [0.2, 0.25) is 15.9 Å². The Hall–Kier alpha value is -0.660. The fourth-order valence-electron chi connectivity index (χ4n) is 2.48. The smallest absolute Gasteiger partial charge is 0.236 e. The van der Waals surface area contributed by atoms with Crippen LogP contribution in [-0.2, 0) is 14.8 Å². The number of rotatable bonds is 2. The molecule has 1 amide bonds. The molecule has 6 nitrogen and oxygen atoms in total. The third kappa shape index (κ3) is 2.97. The van der Waals surface area contributed by atoms with E-state index in [0.717, 1.165) is 19.4 Å². The van der Waals surface area contributed by atoms with Gasteiger partial charge in [0, 0.05) is 32.2 Å². The molecule has 1 N–H and O–H groups in total. The Balaban J connectivity index is 2.04. The minimum atomic E-state index is -3.14. The molecule has 2 heterocycles. The second kappa shape index (κ2) is 4.91. The van der Waals surface area contributed by atoms with Crippen molar-refractivity contribution in [1.82, 2.24) is 14.5 Å². The topological polar surface area (TPSA) is 69.7 Å². The van der Waals surface area contributed by atoms with Crippen molar-refractivity contribution in [2.24, 2.45) is 0 Å². The van der Waals surface area contributed by atoms with Gasteiger partial charge in [0.15, 0.2) is 0 Å². The van der Waals surface area contributed by atoms with E-state index in [1.807, 2.05) is 4.90 Å². The summed E-state index contributed by atoms with van der Waals surface area (Å²) >= 11 is 0. The molecule has 2 fully saturated rings. The van der Waals surface area contributed by atoms with Gasteiger partial charge in [0.05, 0.1) is 12.8 Å². The number of piperazine rings is 1. The zero-order chi connectivity index (χ0) is 12.5. The Morgan fingerprint density at radius 3 is 2.76 bits per heavy atom. The van der Waals surface area contributed by atoms with Gasteiger partial charge in [-0.3, -0.25) is 4.79 Å². The molecule has 0 aromatic carbocycles. The lowest BCUT2D eigenvalue weighted by atomic mass is 10.1. The number of carbonyl (C=O) groups excluding carboxylic acids is 1. The van der Waals surface area contributed by atoms with Gasteiger partial charge in [-0.1, -0.05) is 0 Å². The summed E-state index contributed by atoms with van der Waals surface area (Å²) in [5, 5.41) is 3.02. The third-order valence-electron chi connectivity index (χ3n) is 3.40. The second-order valence-electron chi connectivity index (χ2n) is 4.68. The maximum absolute atomic E-state index is 11.7. The highest BCUT2D eigenvalue weighted by atomic mass is 32.2. The van der Waals surface area contributed by atoms with Crippen molar-refractivity contribution in [3.63, 3.8) is 0 Å². The zero-order valence-electron chi connectivity index (χ0n) is 10.1.